The van der Waals surface area contributed by atoms with Crippen LogP contribution in [0.15, 0.2) is 12.2 Å². The quantitative estimate of drug-likeness (QED) is 0.0908. The minimum absolute atomic E-state index is 0.0558. The van der Waals surface area contributed by atoms with Gasteiger partial charge in [0, 0.05) is 0 Å². The van der Waals surface area contributed by atoms with Crippen LogP contribution >= 0.6 is 0 Å². The lowest BCUT2D eigenvalue weighted by Crippen LogP contribution is -2.61. The van der Waals surface area contributed by atoms with E-state index in [0.717, 1.165) is 12.0 Å². The van der Waals surface area contributed by atoms with E-state index in [4.69, 9.17) is 4.74 Å². The van der Waals surface area contributed by atoms with E-state index in [0.29, 0.717) is 19.3 Å². The zero-order chi connectivity index (χ0) is 29.7. The van der Waals surface area contributed by atoms with Crippen LogP contribution in [0.2, 0.25) is 0 Å². The Morgan fingerprint density at radius 1 is 0.816 bits per heavy atom. The van der Waals surface area contributed by atoms with Crippen LogP contribution in [0, 0.1) is 22.7 Å². The number of hydrogen-bond donors (Lipinski definition) is 0. The van der Waals surface area contributed by atoms with Gasteiger partial charge in [-0.3, -0.25) is 4.79 Å². The molecule has 38 heavy (non-hydrogen) atoms. The van der Waals surface area contributed by atoms with Crippen LogP contribution in [-0.2, 0) is 28.6 Å². The molecular formula is C26H38F6O6. The van der Waals surface area contributed by atoms with Crippen molar-refractivity contribution in [2.24, 2.45) is 22.7 Å². The molecule has 3 unspecified atom stereocenters. The molecule has 0 radical (unpaired) electrons. The Kier molecular flexibility index (Phi) is 10.9. The number of esters is 3. The number of ether oxygens (including phenoxy) is 3. The molecule has 1 saturated carbocycles. The first-order valence-electron chi connectivity index (χ1n) is 12.5. The molecule has 1 fully saturated rings. The second-order valence-electron chi connectivity index (χ2n) is 11.2. The van der Waals surface area contributed by atoms with Gasteiger partial charge in [0.25, 0.3) is 0 Å². The topological polar surface area (TPSA) is 78.9 Å². The Morgan fingerprint density at radius 3 is 1.68 bits per heavy atom. The maximum absolute atomic E-state index is 14.1. The van der Waals surface area contributed by atoms with Gasteiger partial charge >= 0.3 is 35.7 Å². The fourth-order valence-corrected chi connectivity index (χ4v) is 4.30. The number of allylic oxidation sites excluding steroid dienone is 1. The Morgan fingerprint density at radius 2 is 1.26 bits per heavy atom. The Balaban J connectivity index is 2.71. The fraction of sp³-hybridized carbons (Fsp3) is 0.808. The summed E-state index contributed by atoms with van der Waals surface area (Å²) in [6.45, 7) is 11.8. The SMILES string of the molecule is C=C1CC(C)CC(CCOC(=O)C(F)(F)C(F)(F)C(F)(F)C(=O)OCCOC(=O)C(C)(CC)C(C)(C)C)C1. The van der Waals surface area contributed by atoms with E-state index >= 15 is 0 Å². The lowest BCUT2D eigenvalue weighted by atomic mass is 9.66. The molecule has 1 rings (SSSR count). The summed E-state index contributed by atoms with van der Waals surface area (Å²) in [4.78, 5) is 35.7. The van der Waals surface area contributed by atoms with Gasteiger partial charge in [-0.05, 0) is 56.3 Å². The van der Waals surface area contributed by atoms with Gasteiger partial charge < -0.3 is 14.2 Å². The van der Waals surface area contributed by atoms with Crippen molar-refractivity contribution >= 4 is 17.9 Å². The maximum Gasteiger partial charge on any atom is 0.411 e. The first kappa shape index (κ1) is 33.8. The van der Waals surface area contributed by atoms with Crippen LogP contribution < -0.4 is 0 Å². The second-order valence-corrected chi connectivity index (χ2v) is 11.2. The monoisotopic (exact) mass is 560 g/mol. The summed E-state index contributed by atoms with van der Waals surface area (Å²) < 4.78 is 97.8. The highest BCUT2D eigenvalue weighted by Crippen LogP contribution is 2.47. The summed E-state index contributed by atoms with van der Waals surface area (Å²) in [5.74, 6) is -25.0. The predicted octanol–water partition coefficient (Wildman–Crippen LogP) is 6.37. The summed E-state index contributed by atoms with van der Waals surface area (Å²) in [7, 11) is 0. The van der Waals surface area contributed by atoms with Crippen molar-refractivity contribution in [3.8, 4) is 0 Å². The zero-order valence-electron chi connectivity index (χ0n) is 22.7. The molecule has 6 nitrogen and oxygen atoms in total. The molecule has 1 aliphatic rings. The first-order valence-corrected chi connectivity index (χ1v) is 12.5. The van der Waals surface area contributed by atoms with Gasteiger partial charge in [0.15, 0.2) is 0 Å². The average molecular weight is 561 g/mol. The van der Waals surface area contributed by atoms with E-state index in [1.807, 2.05) is 6.92 Å². The molecule has 0 spiro atoms. The van der Waals surface area contributed by atoms with Crippen LogP contribution in [0.25, 0.3) is 0 Å². The van der Waals surface area contributed by atoms with E-state index in [1.165, 1.54) is 0 Å². The summed E-state index contributed by atoms with van der Waals surface area (Å²) in [5, 5.41) is 0. The molecule has 1 aliphatic carbocycles. The minimum Gasteiger partial charge on any atom is -0.462 e. The Hall–Kier alpha value is -2.27. The number of alkyl halides is 6. The Labute approximate surface area is 219 Å². The minimum atomic E-state index is -6.45. The van der Waals surface area contributed by atoms with Crippen molar-refractivity contribution in [1.82, 2.24) is 0 Å². The van der Waals surface area contributed by atoms with Crippen molar-refractivity contribution in [3.63, 3.8) is 0 Å². The average Bonchev–Trinajstić information content (AvgIpc) is 2.78. The standard InChI is InChI=1S/C26H38F6O6/c1-8-23(7,22(4,5)6)19(33)37-11-12-38-21(35)25(29,30)26(31,32)24(27,28)20(34)36-10-9-18-14-16(2)13-17(3)15-18/h17-18H,2,8-15H2,1,3-7H3. The third-order valence-corrected chi connectivity index (χ3v) is 7.37. The third-order valence-electron chi connectivity index (χ3n) is 7.37. The lowest BCUT2D eigenvalue weighted by Gasteiger charge is -2.38. The zero-order valence-corrected chi connectivity index (χ0v) is 22.7. The molecule has 0 amide bonds. The Bertz CT molecular complexity index is 882. The van der Waals surface area contributed by atoms with Crippen molar-refractivity contribution in [2.45, 2.75) is 91.4 Å². The van der Waals surface area contributed by atoms with E-state index in [2.05, 4.69) is 16.1 Å². The van der Waals surface area contributed by atoms with Crippen molar-refractivity contribution in [2.75, 3.05) is 19.8 Å². The summed E-state index contributed by atoms with van der Waals surface area (Å²) in [5.41, 5.74) is -0.646. The third kappa shape index (κ3) is 7.22. The largest absolute Gasteiger partial charge is 0.462 e. The van der Waals surface area contributed by atoms with Gasteiger partial charge in [-0.25, -0.2) is 9.59 Å². The van der Waals surface area contributed by atoms with Gasteiger partial charge in [-0.1, -0.05) is 46.8 Å². The van der Waals surface area contributed by atoms with Crippen molar-refractivity contribution in [1.29, 1.82) is 0 Å². The molecule has 3 atom stereocenters. The number of halogens is 6. The fourth-order valence-electron chi connectivity index (χ4n) is 4.30. The number of carbonyl (C=O) groups excluding carboxylic acids is 3. The normalized spacial score (nSPS) is 20.9. The van der Waals surface area contributed by atoms with Gasteiger partial charge in [-0.15, -0.1) is 0 Å². The summed E-state index contributed by atoms with van der Waals surface area (Å²) in [6, 6.07) is 0. The molecule has 0 aliphatic heterocycles. The van der Waals surface area contributed by atoms with Crippen LogP contribution in [0.1, 0.15) is 73.6 Å². The molecule has 0 aromatic rings. The van der Waals surface area contributed by atoms with Crippen molar-refractivity contribution < 1.29 is 54.9 Å². The molecule has 220 valence electrons. The van der Waals surface area contributed by atoms with Crippen LogP contribution in [0.5, 0.6) is 0 Å². The number of hydrogen-bond acceptors (Lipinski definition) is 6. The van der Waals surface area contributed by atoms with E-state index < -0.39 is 66.3 Å². The van der Waals surface area contributed by atoms with Crippen molar-refractivity contribution in [3.05, 3.63) is 12.2 Å². The summed E-state index contributed by atoms with van der Waals surface area (Å²) in [6.07, 6.45) is 2.40. The lowest BCUT2D eigenvalue weighted by molar-refractivity contribution is -0.301. The van der Waals surface area contributed by atoms with Gasteiger partial charge in [0.2, 0.25) is 0 Å². The van der Waals surface area contributed by atoms with E-state index in [9.17, 15) is 40.7 Å². The van der Waals surface area contributed by atoms with E-state index in [-0.39, 0.29) is 18.3 Å². The molecule has 0 aromatic heterocycles. The van der Waals surface area contributed by atoms with Crippen LogP contribution in [0.4, 0.5) is 26.3 Å². The molecule has 0 heterocycles. The number of rotatable bonds is 12. The van der Waals surface area contributed by atoms with Crippen LogP contribution in [-0.4, -0.2) is 55.5 Å². The molecule has 0 aromatic carbocycles. The first-order chi connectivity index (χ1) is 17.1. The van der Waals surface area contributed by atoms with E-state index in [1.54, 1.807) is 34.6 Å². The molecular weight excluding hydrogens is 522 g/mol. The van der Waals surface area contributed by atoms with Gasteiger partial charge in [0.1, 0.15) is 13.2 Å². The molecule has 0 bridgehead atoms. The van der Waals surface area contributed by atoms with Gasteiger partial charge in [-0.2, -0.15) is 26.3 Å². The predicted molar refractivity (Wildman–Crippen MR) is 126 cm³/mol. The highest BCUT2D eigenvalue weighted by Gasteiger charge is 2.79. The second kappa shape index (κ2) is 12.3. The molecule has 0 saturated heterocycles. The summed E-state index contributed by atoms with van der Waals surface area (Å²) >= 11 is 0. The highest BCUT2D eigenvalue weighted by atomic mass is 19.3. The maximum atomic E-state index is 14.1. The molecule has 12 heteroatoms. The highest BCUT2D eigenvalue weighted by molar-refractivity contribution is 5.84. The number of carbonyl (C=O) groups is 3. The van der Waals surface area contributed by atoms with Crippen LogP contribution in [0.3, 0.4) is 0 Å². The molecule has 0 N–H and O–H groups in total. The smallest absolute Gasteiger partial charge is 0.411 e. The van der Waals surface area contributed by atoms with Gasteiger partial charge in [0.05, 0.1) is 12.0 Å².